The van der Waals surface area contributed by atoms with E-state index < -0.39 is 0 Å². The standard InChI is InChI=1S/C12H17BrN2O2/c1-9(10-4-2-3-5-11(10)13)15-12(16)8-17-7-6-14/h2-5,9H,6-8,14H2,1H3,(H,15,16). The second-order valence-electron chi connectivity index (χ2n) is 3.65. The van der Waals surface area contributed by atoms with Gasteiger partial charge in [-0.1, -0.05) is 34.1 Å². The van der Waals surface area contributed by atoms with E-state index in [1.54, 1.807) is 0 Å². The molecule has 1 amide bonds. The van der Waals surface area contributed by atoms with E-state index in [1.807, 2.05) is 31.2 Å². The van der Waals surface area contributed by atoms with Crippen LogP contribution in [-0.4, -0.2) is 25.7 Å². The van der Waals surface area contributed by atoms with Crippen LogP contribution in [0.2, 0.25) is 0 Å². The van der Waals surface area contributed by atoms with Crippen molar-refractivity contribution in [3.8, 4) is 0 Å². The highest BCUT2D eigenvalue weighted by Crippen LogP contribution is 2.22. The summed E-state index contributed by atoms with van der Waals surface area (Å²) in [5, 5.41) is 2.86. The smallest absolute Gasteiger partial charge is 0.246 e. The number of benzene rings is 1. The van der Waals surface area contributed by atoms with Gasteiger partial charge < -0.3 is 15.8 Å². The van der Waals surface area contributed by atoms with Crippen molar-refractivity contribution in [2.45, 2.75) is 13.0 Å². The first-order chi connectivity index (χ1) is 8.15. The second-order valence-corrected chi connectivity index (χ2v) is 4.51. The molecule has 3 N–H and O–H groups in total. The lowest BCUT2D eigenvalue weighted by molar-refractivity contribution is -0.126. The Morgan fingerprint density at radius 3 is 2.88 bits per heavy atom. The zero-order valence-electron chi connectivity index (χ0n) is 9.78. The molecule has 0 aliphatic carbocycles. The predicted molar refractivity (Wildman–Crippen MR) is 70.6 cm³/mol. The molecule has 4 nitrogen and oxygen atoms in total. The Bertz CT molecular complexity index is 371. The molecule has 1 rings (SSSR count). The number of carbonyl (C=O) groups excluding carboxylic acids is 1. The first-order valence-corrected chi connectivity index (χ1v) is 6.26. The van der Waals surface area contributed by atoms with Crippen molar-refractivity contribution in [3.05, 3.63) is 34.3 Å². The lowest BCUT2D eigenvalue weighted by atomic mass is 10.1. The van der Waals surface area contributed by atoms with Crippen LogP contribution in [0.4, 0.5) is 0 Å². The quantitative estimate of drug-likeness (QED) is 0.785. The van der Waals surface area contributed by atoms with Crippen molar-refractivity contribution < 1.29 is 9.53 Å². The van der Waals surface area contributed by atoms with E-state index in [-0.39, 0.29) is 18.6 Å². The number of ether oxygens (including phenoxy) is 1. The molecule has 0 aliphatic heterocycles. The number of hydrogen-bond donors (Lipinski definition) is 2. The van der Waals surface area contributed by atoms with Gasteiger partial charge in [0, 0.05) is 11.0 Å². The van der Waals surface area contributed by atoms with Crippen molar-refractivity contribution in [1.29, 1.82) is 0 Å². The van der Waals surface area contributed by atoms with Gasteiger partial charge >= 0.3 is 0 Å². The number of nitrogens with two attached hydrogens (primary N) is 1. The number of hydrogen-bond acceptors (Lipinski definition) is 3. The van der Waals surface area contributed by atoms with Gasteiger partial charge in [0.2, 0.25) is 5.91 Å². The molecule has 0 bridgehead atoms. The molecule has 5 heteroatoms. The normalized spacial score (nSPS) is 12.2. The summed E-state index contributed by atoms with van der Waals surface area (Å²) in [6, 6.07) is 7.73. The SMILES string of the molecule is CC(NC(=O)COCCN)c1ccccc1Br. The Hall–Kier alpha value is -0.910. The van der Waals surface area contributed by atoms with E-state index in [4.69, 9.17) is 10.5 Å². The van der Waals surface area contributed by atoms with Gasteiger partial charge in [-0.25, -0.2) is 0 Å². The highest BCUT2D eigenvalue weighted by atomic mass is 79.9. The Labute approximate surface area is 110 Å². The minimum Gasteiger partial charge on any atom is -0.370 e. The van der Waals surface area contributed by atoms with E-state index in [0.717, 1.165) is 10.0 Å². The highest BCUT2D eigenvalue weighted by molar-refractivity contribution is 9.10. The average Bonchev–Trinajstić information content (AvgIpc) is 2.29. The first kappa shape index (κ1) is 14.2. The molecule has 0 radical (unpaired) electrons. The minimum absolute atomic E-state index is 0.0476. The van der Waals surface area contributed by atoms with Crippen LogP contribution in [0.15, 0.2) is 28.7 Å². The van der Waals surface area contributed by atoms with Gasteiger partial charge in [-0.15, -0.1) is 0 Å². The molecule has 94 valence electrons. The van der Waals surface area contributed by atoms with Crippen LogP contribution in [0.25, 0.3) is 0 Å². The van der Waals surface area contributed by atoms with Crippen LogP contribution in [0.5, 0.6) is 0 Å². The van der Waals surface area contributed by atoms with Crippen LogP contribution in [-0.2, 0) is 9.53 Å². The van der Waals surface area contributed by atoms with E-state index in [1.165, 1.54) is 0 Å². The Morgan fingerprint density at radius 2 is 2.24 bits per heavy atom. The summed E-state index contributed by atoms with van der Waals surface area (Å²) in [5.74, 6) is -0.137. The van der Waals surface area contributed by atoms with E-state index >= 15 is 0 Å². The zero-order chi connectivity index (χ0) is 12.7. The molecule has 0 saturated heterocycles. The summed E-state index contributed by atoms with van der Waals surface area (Å²) in [5.41, 5.74) is 6.31. The molecule has 1 unspecified atom stereocenters. The summed E-state index contributed by atoms with van der Waals surface area (Å²) >= 11 is 3.45. The molecule has 17 heavy (non-hydrogen) atoms. The fourth-order valence-corrected chi connectivity index (χ4v) is 2.06. The number of amides is 1. The maximum absolute atomic E-state index is 11.5. The molecular weight excluding hydrogens is 284 g/mol. The van der Waals surface area contributed by atoms with Gasteiger partial charge in [0.05, 0.1) is 12.6 Å². The topological polar surface area (TPSA) is 64.3 Å². The summed E-state index contributed by atoms with van der Waals surface area (Å²) in [7, 11) is 0. The minimum atomic E-state index is -0.137. The molecular formula is C12H17BrN2O2. The first-order valence-electron chi connectivity index (χ1n) is 5.46. The molecule has 0 spiro atoms. The van der Waals surface area contributed by atoms with Crippen molar-refractivity contribution in [2.24, 2.45) is 5.73 Å². The molecule has 1 aromatic carbocycles. The van der Waals surface area contributed by atoms with Crippen LogP contribution in [0.3, 0.4) is 0 Å². The lowest BCUT2D eigenvalue weighted by Crippen LogP contribution is -2.31. The van der Waals surface area contributed by atoms with E-state index in [2.05, 4.69) is 21.2 Å². The third-order valence-corrected chi connectivity index (χ3v) is 2.97. The Balaban J connectivity index is 2.46. The second kappa shape index (κ2) is 7.42. The monoisotopic (exact) mass is 300 g/mol. The van der Waals surface area contributed by atoms with Crippen molar-refractivity contribution in [2.75, 3.05) is 19.8 Å². The van der Waals surface area contributed by atoms with Gasteiger partial charge in [-0.2, -0.15) is 0 Å². The van der Waals surface area contributed by atoms with Gasteiger partial charge in [-0.05, 0) is 18.6 Å². The molecule has 0 fully saturated rings. The molecule has 0 heterocycles. The molecule has 0 saturated carbocycles. The van der Waals surface area contributed by atoms with Gasteiger partial charge in [0.15, 0.2) is 0 Å². The Morgan fingerprint density at radius 1 is 1.53 bits per heavy atom. The van der Waals surface area contributed by atoms with Crippen molar-refractivity contribution in [3.63, 3.8) is 0 Å². The van der Waals surface area contributed by atoms with Gasteiger partial charge in [0.1, 0.15) is 6.61 Å². The van der Waals surface area contributed by atoms with Crippen LogP contribution in [0.1, 0.15) is 18.5 Å². The predicted octanol–water partition coefficient (Wildman–Crippen LogP) is 1.60. The maximum Gasteiger partial charge on any atom is 0.246 e. The van der Waals surface area contributed by atoms with Crippen LogP contribution >= 0.6 is 15.9 Å². The number of nitrogens with one attached hydrogen (secondary N) is 1. The summed E-state index contributed by atoms with van der Waals surface area (Å²) in [4.78, 5) is 11.5. The van der Waals surface area contributed by atoms with Gasteiger partial charge in [-0.3, -0.25) is 4.79 Å². The highest BCUT2D eigenvalue weighted by Gasteiger charge is 2.11. The fourth-order valence-electron chi connectivity index (χ4n) is 1.44. The molecule has 0 aliphatic rings. The summed E-state index contributed by atoms with van der Waals surface area (Å²) < 4.78 is 6.04. The van der Waals surface area contributed by atoms with E-state index in [0.29, 0.717) is 13.2 Å². The lowest BCUT2D eigenvalue weighted by Gasteiger charge is -2.15. The largest absolute Gasteiger partial charge is 0.370 e. The van der Waals surface area contributed by atoms with Crippen molar-refractivity contribution >= 4 is 21.8 Å². The Kier molecular flexibility index (Phi) is 6.18. The number of carbonyl (C=O) groups is 1. The maximum atomic E-state index is 11.5. The summed E-state index contributed by atoms with van der Waals surface area (Å²) in [6.45, 7) is 2.80. The molecule has 1 atom stereocenters. The number of halogens is 1. The molecule has 1 aromatic rings. The van der Waals surface area contributed by atoms with Crippen LogP contribution < -0.4 is 11.1 Å². The third kappa shape index (κ3) is 4.85. The van der Waals surface area contributed by atoms with Crippen LogP contribution in [0, 0.1) is 0 Å². The van der Waals surface area contributed by atoms with Gasteiger partial charge in [0.25, 0.3) is 0 Å². The zero-order valence-corrected chi connectivity index (χ0v) is 11.4. The van der Waals surface area contributed by atoms with Crippen molar-refractivity contribution in [1.82, 2.24) is 5.32 Å². The average molecular weight is 301 g/mol. The number of rotatable bonds is 6. The van der Waals surface area contributed by atoms with E-state index in [9.17, 15) is 4.79 Å². The molecule has 0 aromatic heterocycles. The fraction of sp³-hybridized carbons (Fsp3) is 0.417. The summed E-state index contributed by atoms with van der Waals surface area (Å²) in [6.07, 6.45) is 0. The third-order valence-electron chi connectivity index (χ3n) is 2.24.